The summed E-state index contributed by atoms with van der Waals surface area (Å²) >= 11 is 6.13. The summed E-state index contributed by atoms with van der Waals surface area (Å²) in [6.07, 6.45) is 1.23. The second-order valence-electron chi connectivity index (χ2n) is 5.34. The number of halogens is 1. The van der Waals surface area contributed by atoms with E-state index in [9.17, 15) is 4.57 Å². The van der Waals surface area contributed by atoms with Crippen LogP contribution < -0.4 is 10.1 Å². The molecule has 0 atom stereocenters. The van der Waals surface area contributed by atoms with Gasteiger partial charge in [-0.05, 0) is 29.8 Å². The van der Waals surface area contributed by atoms with Gasteiger partial charge in [0.25, 0.3) is 0 Å². The molecule has 0 radical (unpaired) electrons. The summed E-state index contributed by atoms with van der Waals surface area (Å²) in [7, 11) is -2.63. The van der Waals surface area contributed by atoms with Gasteiger partial charge in [-0.25, -0.2) is 4.98 Å². The molecule has 0 bridgehead atoms. The van der Waals surface area contributed by atoms with Gasteiger partial charge in [-0.2, -0.15) is 4.98 Å². The zero-order chi connectivity index (χ0) is 18.0. The van der Waals surface area contributed by atoms with Crippen molar-refractivity contribution in [1.29, 1.82) is 0 Å². The monoisotopic (exact) mass is 379 g/mol. The highest BCUT2D eigenvalue weighted by Crippen LogP contribution is 2.41. The Kier molecular flexibility index (Phi) is 4.92. The summed E-state index contributed by atoms with van der Waals surface area (Å²) in [6, 6.07) is 10.3. The third kappa shape index (κ3) is 4.27. The molecule has 0 saturated carbocycles. The van der Waals surface area contributed by atoms with Crippen LogP contribution in [0.2, 0.25) is 5.02 Å². The average molecular weight is 380 g/mol. The molecule has 3 N–H and O–H groups in total. The number of fused-ring (bicyclic) bond motifs is 1. The van der Waals surface area contributed by atoms with Crippen LogP contribution >= 0.6 is 19.2 Å². The second-order valence-corrected chi connectivity index (χ2v) is 7.39. The van der Waals surface area contributed by atoms with Crippen molar-refractivity contribution in [1.82, 2.24) is 9.97 Å². The van der Waals surface area contributed by atoms with E-state index in [-0.39, 0.29) is 5.02 Å². The predicted molar refractivity (Wildman–Crippen MR) is 96.6 cm³/mol. The number of rotatable bonds is 5. The highest BCUT2D eigenvalue weighted by atomic mass is 35.5. The van der Waals surface area contributed by atoms with E-state index in [1.54, 1.807) is 36.5 Å². The molecule has 0 unspecified atom stereocenters. The maximum atomic E-state index is 11.1. The van der Waals surface area contributed by atoms with Gasteiger partial charge in [-0.3, -0.25) is 4.57 Å². The van der Waals surface area contributed by atoms with Crippen LogP contribution in [-0.2, 0) is 10.7 Å². The fourth-order valence-electron chi connectivity index (χ4n) is 2.37. The molecule has 0 aliphatic rings. The fraction of sp³-hybridized carbons (Fsp3) is 0.125. The number of nitrogens with zero attached hydrogens (tertiary/aromatic N) is 2. The van der Waals surface area contributed by atoms with Gasteiger partial charge in [0.15, 0.2) is 5.65 Å². The molecule has 0 saturated heterocycles. The van der Waals surface area contributed by atoms with Crippen molar-refractivity contribution in [3.63, 3.8) is 0 Å². The van der Waals surface area contributed by atoms with E-state index in [1.165, 1.54) is 7.11 Å². The lowest BCUT2D eigenvalue weighted by molar-refractivity contribution is 0.371. The normalized spacial score (nSPS) is 11.5. The highest BCUT2D eigenvalue weighted by molar-refractivity contribution is 7.50. The Morgan fingerprint density at radius 1 is 1.24 bits per heavy atom. The van der Waals surface area contributed by atoms with E-state index in [0.29, 0.717) is 22.8 Å². The first-order chi connectivity index (χ1) is 11.9. The summed E-state index contributed by atoms with van der Waals surface area (Å²) in [5, 5.41) is 4.30. The number of methoxy groups -OCH3 is 1. The molecule has 2 heterocycles. The van der Waals surface area contributed by atoms with E-state index in [2.05, 4.69) is 15.3 Å². The molecule has 2 aromatic heterocycles. The summed E-state index contributed by atoms with van der Waals surface area (Å²) < 4.78 is 16.2. The molecule has 25 heavy (non-hydrogen) atoms. The molecular formula is C16H15ClN3O4P. The number of anilines is 2. The molecule has 0 fully saturated rings. The number of benzene rings is 1. The molecular weight excluding hydrogens is 365 g/mol. The van der Waals surface area contributed by atoms with Crippen LogP contribution in [0.3, 0.4) is 0 Å². The summed E-state index contributed by atoms with van der Waals surface area (Å²) in [4.78, 5) is 26.6. The summed E-state index contributed by atoms with van der Waals surface area (Å²) in [5.41, 5.74) is 2.39. The molecule has 130 valence electrons. The zero-order valence-electron chi connectivity index (χ0n) is 13.2. The number of nitrogens with one attached hydrogen (secondary N) is 1. The average Bonchev–Trinajstić information content (AvgIpc) is 2.56. The Balaban J connectivity index is 1.91. The van der Waals surface area contributed by atoms with Crippen LogP contribution in [0, 0.1) is 0 Å². The molecule has 7 nitrogen and oxygen atoms in total. The topological polar surface area (TPSA) is 105 Å². The molecule has 0 aliphatic heterocycles. The minimum atomic E-state index is -4.17. The Morgan fingerprint density at radius 3 is 2.72 bits per heavy atom. The second kappa shape index (κ2) is 6.98. The number of aromatic nitrogens is 2. The summed E-state index contributed by atoms with van der Waals surface area (Å²) in [5.74, 6) is 0.474. The number of hydrogen-bond donors (Lipinski definition) is 3. The molecule has 3 aromatic rings. The molecule has 1 aromatic carbocycles. The Labute approximate surface area is 148 Å². The van der Waals surface area contributed by atoms with Crippen molar-refractivity contribution in [2.45, 2.75) is 6.16 Å². The Morgan fingerprint density at radius 2 is 2.04 bits per heavy atom. The van der Waals surface area contributed by atoms with Crippen LogP contribution in [0.5, 0.6) is 5.88 Å². The lowest BCUT2D eigenvalue weighted by Gasteiger charge is -2.12. The van der Waals surface area contributed by atoms with Gasteiger partial charge in [0.05, 0.1) is 19.0 Å². The van der Waals surface area contributed by atoms with Crippen molar-refractivity contribution in [3.05, 3.63) is 53.2 Å². The van der Waals surface area contributed by atoms with Crippen molar-refractivity contribution >= 4 is 41.6 Å². The van der Waals surface area contributed by atoms with Crippen molar-refractivity contribution in [3.8, 4) is 5.88 Å². The molecule has 0 aliphatic carbocycles. The van der Waals surface area contributed by atoms with Gasteiger partial charge in [0.2, 0.25) is 5.88 Å². The smallest absolute Gasteiger partial charge is 0.329 e. The van der Waals surface area contributed by atoms with Gasteiger partial charge in [-0.15, -0.1) is 0 Å². The maximum absolute atomic E-state index is 11.1. The van der Waals surface area contributed by atoms with Crippen LogP contribution in [0.25, 0.3) is 11.0 Å². The minimum Gasteiger partial charge on any atom is -0.481 e. The van der Waals surface area contributed by atoms with Crippen molar-refractivity contribution in [2.24, 2.45) is 0 Å². The summed E-state index contributed by atoms with van der Waals surface area (Å²) in [6.45, 7) is 0. The number of hydrogen-bond acceptors (Lipinski definition) is 5. The van der Waals surface area contributed by atoms with Gasteiger partial charge >= 0.3 is 7.60 Å². The highest BCUT2D eigenvalue weighted by Gasteiger charge is 2.16. The lowest BCUT2D eigenvalue weighted by atomic mass is 10.2. The predicted octanol–water partition coefficient (Wildman–Crippen LogP) is 3.71. The van der Waals surface area contributed by atoms with E-state index < -0.39 is 13.8 Å². The first kappa shape index (κ1) is 17.6. The SMILES string of the molecule is COc1ccc2c(Nc3ccc(CP(=O)(O)O)c(Cl)c3)ccnc2n1. The number of ether oxygens (including phenoxy) is 1. The van der Waals surface area contributed by atoms with Gasteiger partial charge < -0.3 is 19.8 Å². The van der Waals surface area contributed by atoms with Crippen LogP contribution in [0.1, 0.15) is 5.56 Å². The maximum Gasteiger partial charge on any atom is 0.329 e. The van der Waals surface area contributed by atoms with Gasteiger partial charge in [0, 0.05) is 28.4 Å². The molecule has 0 amide bonds. The first-order valence-corrected chi connectivity index (χ1v) is 9.43. The van der Waals surface area contributed by atoms with Crippen LogP contribution in [0.15, 0.2) is 42.6 Å². The van der Waals surface area contributed by atoms with Crippen LogP contribution in [-0.4, -0.2) is 26.9 Å². The third-order valence-electron chi connectivity index (χ3n) is 3.50. The first-order valence-electron chi connectivity index (χ1n) is 7.25. The minimum absolute atomic E-state index is 0.284. The van der Waals surface area contributed by atoms with Gasteiger partial charge in [0.1, 0.15) is 0 Å². The zero-order valence-corrected chi connectivity index (χ0v) is 14.8. The molecule has 9 heteroatoms. The third-order valence-corrected chi connectivity index (χ3v) is 4.60. The van der Waals surface area contributed by atoms with E-state index in [4.69, 9.17) is 26.1 Å². The Hall–Kier alpha value is -2.18. The molecule has 3 rings (SSSR count). The largest absolute Gasteiger partial charge is 0.481 e. The molecule has 0 spiro atoms. The quantitative estimate of drug-likeness (QED) is 0.580. The standard InChI is InChI=1S/C16H15ClN3O4P/c1-24-15-5-4-12-14(6-7-18-16(12)20-15)19-11-3-2-10(13(17)8-11)9-25(21,22)23/h2-8H,9H2,1H3,(H,18,19,20)(H2,21,22,23). The van der Waals surface area contributed by atoms with E-state index in [1.807, 2.05) is 6.07 Å². The lowest BCUT2D eigenvalue weighted by Crippen LogP contribution is -1.96. The van der Waals surface area contributed by atoms with Crippen molar-refractivity contribution in [2.75, 3.05) is 12.4 Å². The van der Waals surface area contributed by atoms with Crippen LogP contribution in [0.4, 0.5) is 11.4 Å². The van der Waals surface area contributed by atoms with E-state index in [0.717, 1.165) is 11.1 Å². The number of pyridine rings is 2. The van der Waals surface area contributed by atoms with Gasteiger partial charge in [-0.1, -0.05) is 17.7 Å². The fourth-order valence-corrected chi connectivity index (χ4v) is 3.43. The van der Waals surface area contributed by atoms with Crippen molar-refractivity contribution < 1.29 is 19.1 Å². The van der Waals surface area contributed by atoms with E-state index >= 15 is 0 Å². The Bertz CT molecular complexity index is 977.